The molecule has 0 saturated carbocycles. The molecule has 0 bridgehead atoms. The number of nitrogens with zero attached hydrogens (tertiary/aromatic N) is 1. The summed E-state index contributed by atoms with van der Waals surface area (Å²) in [5, 5.41) is 1.92. The zero-order valence-corrected chi connectivity index (χ0v) is 12.6. The monoisotopic (exact) mass is 306 g/mol. The standard InChI is InChI=1S/C16H16ClFN2O/c1-3-20(13-7-4-11(2)5-8-13)19-16(21)14-9-6-12(17)10-15(14)18/h4-10H,3H2,1-2H3,(H,19,21). The van der Waals surface area contributed by atoms with Crippen LogP contribution in [0.1, 0.15) is 22.8 Å². The molecule has 0 aliphatic rings. The van der Waals surface area contributed by atoms with Crippen LogP contribution in [0.25, 0.3) is 0 Å². The first-order chi connectivity index (χ1) is 10.0. The fourth-order valence-electron chi connectivity index (χ4n) is 1.91. The lowest BCUT2D eigenvalue weighted by molar-refractivity contribution is 0.0945. The second-order valence-electron chi connectivity index (χ2n) is 4.64. The number of hydrogen-bond donors (Lipinski definition) is 1. The normalized spacial score (nSPS) is 10.3. The van der Waals surface area contributed by atoms with E-state index in [9.17, 15) is 9.18 Å². The van der Waals surface area contributed by atoms with E-state index in [1.54, 1.807) is 5.01 Å². The summed E-state index contributed by atoms with van der Waals surface area (Å²) in [5.74, 6) is -1.15. The molecule has 2 rings (SSSR count). The van der Waals surface area contributed by atoms with Gasteiger partial charge in [0, 0.05) is 11.6 Å². The first kappa shape index (κ1) is 15.3. The highest BCUT2D eigenvalue weighted by atomic mass is 35.5. The number of nitrogens with one attached hydrogen (secondary N) is 1. The van der Waals surface area contributed by atoms with Crippen LogP contribution >= 0.6 is 11.6 Å². The quantitative estimate of drug-likeness (QED) is 0.867. The summed E-state index contributed by atoms with van der Waals surface area (Å²) in [4.78, 5) is 12.2. The summed E-state index contributed by atoms with van der Waals surface area (Å²) in [7, 11) is 0. The molecule has 21 heavy (non-hydrogen) atoms. The Kier molecular flexibility index (Phi) is 4.81. The van der Waals surface area contributed by atoms with Crippen LogP contribution in [0.2, 0.25) is 5.02 Å². The van der Waals surface area contributed by atoms with Gasteiger partial charge in [-0.3, -0.25) is 15.2 Å². The Morgan fingerprint density at radius 1 is 1.24 bits per heavy atom. The maximum Gasteiger partial charge on any atom is 0.272 e. The largest absolute Gasteiger partial charge is 0.286 e. The van der Waals surface area contributed by atoms with Crippen LogP contribution in [-0.4, -0.2) is 12.5 Å². The fourth-order valence-corrected chi connectivity index (χ4v) is 2.07. The van der Waals surface area contributed by atoms with Gasteiger partial charge in [0.2, 0.25) is 0 Å². The molecule has 0 radical (unpaired) electrons. The van der Waals surface area contributed by atoms with E-state index in [1.807, 2.05) is 38.1 Å². The van der Waals surface area contributed by atoms with Crippen molar-refractivity contribution in [3.8, 4) is 0 Å². The summed E-state index contributed by atoms with van der Waals surface area (Å²) in [6.45, 7) is 4.45. The molecule has 0 fully saturated rings. The van der Waals surface area contributed by atoms with Crippen molar-refractivity contribution in [2.75, 3.05) is 11.6 Å². The van der Waals surface area contributed by atoms with E-state index < -0.39 is 11.7 Å². The zero-order chi connectivity index (χ0) is 15.4. The number of aryl methyl sites for hydroxylation is 1. The molecule has 110 valence electrons. The van der Waals surface area contributed by atoms with Crippen LogP contribution in [0.15, 0.2) is 42.5 Å². The van der Waals surface area contributed by atoms with Gasteiger partial charge in [0.15, 0.2) is 0 Å². The van der Waals surface area contributed by atoms with Crippen molar-refractivity contribution in [2.24, 2.45) is 0 Å². The van der Waals surface area contributed by atoms with E-state index in [4.69, 9.17) is 11.6 Å². The van der Waals surface area contributed by atoms with Crippen LogP contribution in [0.4, 0.5) is 10.1 Å². The Morgan fingerprint density at radius 2 is 1.90 bits per heavy atom. The van der Waals surface area contributed by atoms with E-state index >= 15 is 0 Å². The Morgan fingerprint density at radius 3 is 2.48 bits per heavy atom. The van der Waals surface area contributed by atoms with Crippen molar-refractivity contribution >= 4 is 23.2 Å². The van der Waals surface area contributed by atoms with Gasteiger partial charge < -0.3 is 0 Å². The first-order valence-corrected chi connectivity index (χ1v) is 6.99. The minimum Gasteiger partial charge on any atom is -0.286 e. The first-order valence-electron chi connectivity index (χ1n) is 6.61. The lowest BCUT2D eigenvalue weighted by Gasteiger charge is -2.24. The number of benzene rings is 2. The number of carbonyl (C=O) groups is 1. The maximum absolute atomic E-state index is 13.7. The van der Waals surface area contributed by atoms with Crippen LogP contribution in [0, 0.1) is 12.7 Å². The molecular formula is C16H16ClFN2O. The molecule has 0 aliphatic heterocycles. The molecule has 3 nitrogen and oxygen atoms in total. The molecule has 0 heterocycles. The summed E-state index contributed by atoms with van der Waals surface area (Å²) < 4.78 is 13.7. The fraction of sp³-hybridized carbons (Fsp3) is 0.188. The second-order valence-corrected chi connectivity index (χ2v) is 5.08. The van der Waals surface area contributed by atoms with Crippen LogP contribution in [-0.2, 0) is 0 Å². The zero-order valence-electron chi connectivity index (χ0n) is 11.9. The van der Waals surface area contributed by atoms with Gasteiger partial charge in [-0.05, 0) is 44.2 Å². The number of amides is 1. The molecule has 0 unspecified atom stereocenters. The third-order valence-electron chi connectivity index (χ3n) is 3.07. The van der Waals surface area contributed by atoms with Gasteiger partial charge >= 0.3 is 0 Å². The molecule has 2 aromatic carbocycles. The Bertz CT molecular complexity index is 643. The summed E-state index contributed by atoms with van der Waals surface area (Å²) in [5.41, 5.74) is 4.62. The topological polar surface area (TPSA) is 32.3 Å². The number of hydrazine groups is 1. The van der Waals surface area contributed by atoms with E-state index in [1.165, 1.54) is 12.1 Å². The molecule has 0 atom stereocenters. The van der Waals surface area contributed by atoms with Gasteiger partial charge in [0.25, 0.3) is 5.91 Å². The highest BCUT2D eigenvalue weighted by molar-refractivity contribution is 6.30. The van der Waals surface area contributed by atoms with Crippen molar-refractivity contribution in [2.45, 2.75) is 13.8 Å². The second kappa shape index (κ2) is 6.59. The Labute approximate surface area is 128 Å². The van der Waals surface area contributed by atoms with Gasteiger partial charge in [-0.25, -0.2) is 4.39 Å². The summed E-state index contributed by atoms with van der Waals surface area (Å²) in [6, 6.07) is 11.7. The van der Waals surface area contributed by atoms with Crippen molar-refractivity contribution < 1.29 is 9.18 Å². The van der Waals surface area contributed by atoms with Crippen LogP contribution in [0.5, 0.6) is 0 Å². The molecule has 0 spiro atoms. The lowest BCUT2D eigenvalue weighted by atomic mass is 10.2. The average Bonchev–Trinajstić information content (AvgIpc) is 2.45. The van der Waals surface area contributed by atoms with E-state index in [0.29, 0.717) is 6.54 Å². The smallest absolute Gasteiger partial charge is 0.272 e. The minimum atomic E-state index is -0.639. The number of rotatable bonds is 4. The molecule has 0 aromatic heterocycles. The molecule has 0 aliphatic carbocycles. The molecule has 1 amide bonds. The lowest BCUT2D eigenvalue weighted by Crippen LogP contribution is -2.42. The Hall–Kier alpha value is -2.07. The minimum absolute atomic E-state index is 0.0371. The number of carbonyl (C=O) groups excluding carboxylic acids is 1. The number of halogens is 2. The molecule has 5 heteroatoms. The van der Waals surface area contributed by atoms with E-state index in [2.05, 4.69) is 5.43 Å². The van der Waals surface area contributed by atoms with Crippen molar-refractivity contribution in [1.82, 2.24) is 5.43 Å². The summed E-state index contributed by atoms with van der Waals surface area (Å²) in [6.07, 6.45) is 0. The van der Waals surface area contributed by atoms with Crippen molar-refractivity contribution in [3.63, 3.8) is 0 Å². The van der Waals surface area contributed by atoms with E-state index in [-0.39, 0.29) is 10.6 Å². The summed E-state index contributed by atoms with van der Waals surface area (Å²) >= 11 is 5.68. The highest BCUT2D eigenvalue weighted by Crippen LogP contribution is 2.16. The predicted octanol–water partition coefficient (Wildman–Crippen LogP) is 3.96. The van der Waals surface area contributed by atoms with Gasteiger partial charge in [-0.15, -0.1) is 0 Å². The molecular weight excluding hydrogens is 291 g/mol. The van der Waals surface area contributed by atoms with Gasteiger partial charge in [0.1, 0.15) is 5.82 Å². The highest BCUT2D eigenvalue weighted by Gasteiger charge is 2.15. The number of anilines is 1. The van der Waals surface area contributed by atoms with Crippen LogP contribution in [0.3, 0.4) is 0 Å². The maximum atomic E-state index is 13.7. The SMILES string of the molecule is CCN(NC(=O)c1ccc(Cl)cc1F)c1ccc(C)cc1. The Balaban J connectivity index is 2.18. The third-order valence-corrected chi connectivity index (χ3v) is 3.31. The van der Waals surface area contributed by atoms with E-state index in [0.717, 1.165) is 17.3 Å². The van der Waals surface area contributed by atoms with Crippen molar-refractivity contribution in [3.05, 3.63) is 64.4 Å². The van der Waals surface area contributed by atoms with Crippen molar-refractivity contribution in [1.29, 1.82) is 0 Å². The third kappa shape index (κ3) is 3.73. The van der Waals surface area contributed by atoms with Crippen LogP contribution < -0.4 is 10.4 Å². The van der Waals surface area contributed by atoms with Gasteiger partial charge in [-0.2, -0.15) is 0 Å². The molecule has 2 aromatic rings. The van der Waals surface area contributed by atoms with Gasteiger partial charge in [0.05, 0.1) is 11.3 Å². The predicted molar refractivity (Wildman–Crippen MR) is 83.1 cm³/mol. The average molecular weight is 307 g/mol. The number of hydrogen-bond acceptors (Lipinski definition) is 2. The van der Waals surface area contributed by atoms with Gasteiger partial charge in [-0.1, -0.05) is 29.3 Å². The molecule has 0 saturated heterocycles. The molecule has 1 N–H and O–H groups in total.